The topological polar surface area (TPSA) is 204 Å². The second kappa shape index (κ2) is 15.3. The van der Waals surface area contributed by atoms with Crippen LogP contribution in [0.3, 0.4) is 0 Å². The predicted octanol–water partition coefficient (Wildman–Crippen LogP) is 1.54. The van der Waals surface area contributed by atoms with Gasteiger partial charge in [-0.2, -0.15) is 0 Å². The molecule has 0 aliphatic rings. The van der Waals surface area contributed by atoms with Crippen molar-refractivity contribution in [3.05, 3.63) is 108 Å². The van der Waals surface area contributed by atoms with Crippen molar-refractivity contribution < 1.29 is 34.2 Å². The Balaban J connectivity index is 1.59. The van der Waals surface area contributed by atoms with Gasteiger partial charge in [0.25, 0.3) is 0 Å². The van der Waals surface area contributed by atoms with Crippen molar-refractivity contribution in [1.82, 2.24) is 20.9 Å². The fourth-order valence-corrected chi connectivity index (χ4v) is 4.95. The number of carboxylic acids is 2. The largest absolute Gasteiger partial charge is 0.481 e. The average Bonchev–Trinajstić information content (AvgIpc) is 3.43. The Labute approximate surface area is 259 Å². The number of hydrogen-bond acceptors (Lipinski definition) is 6. The summed E-state index contributed by atoms with van der Waals surface area (Å²) in [6, 6.07) is 20.3. The van der Waals surface area contributed by atoms with E-state index in [0.29, 0.717) is 5.56 Å². The summed E-state index contributed by atoms with van der Waals surface area (Å²) in [6.07, 6.45) is 1.07. The molecule has 45 heavy (non-hydrogen) atoms. The van der Waals surface area contributed by atoms with Crippen LogP contribution >= 0.6 is 0 Å². The highest BCUT2D eigenvalue weighted by Gasteiger charge is 2.32. The van der Waals surface area contributed by atoms with Crippen molar-refractivity contribution in [3.63, 3.8) is 0 Å². The molecule has 234 valence electrons. The number of carbonyl (C=O) groups excluding carboxylic acids is 3. The van der Waals surface area contributed by atoms with Crippen LogP contribution in [-0.4, -0.2) is 69.0 Å². The normalized spacial score (nSPS) is 13.6. The zero-order valence-electron chi connectivity index (χ0n) is 24.3. The summed E-state index contributed by atoms with van der Waals surface area (Å²) in [5.41, 5.74) is 9.21. The van der Waals surface area contributed by atoms with Crippen LogP contribution in [0.15, 0.2) is 91.1 Å². The van der Waals surface area contributed by atoms with Crippen LogP contribution in [0.1, 0.15) is 23.1 Å². The Kier molecular flexibility index (Phi) is 11.0. The maximum Gasteiger partial charge on any atom is 0.326 e. The van der Waals surface area contributed by atoms with Gasteiger partial charge in [0.2, 0.25) is 17.7 Å². The van der Waals surface area contributed by atoms with E-state index in [1.54, 1.807) is 30.5 Å². The maximum absolute atomic E-state index is 13.8. The molecule has 0 radical (unpaired) electrons. The Hall–Kier alpha value is -5.49. The fraction of sp³-hybridized carbons (Fsp3) is 0.242. The van der Waals surface area contributed by atoms with E-state index in [1.165, 1.54) is 0 Å². The molecule has 1 heterocycles. The zero-order chi connectivity index (χ0) is 32.3. The number of nitrogens with two attached hydrogens (primary N) is 1. The number of hydrogen-bond donors (Lipinski definition) is 7. The van der Waals surface area contributed by atoms with Gasteiger partial charge in [-0.15, -0.1) is 0 Å². The molecule has 4 rings (SSSR count). The quantitative estimate of drug-likeness (QED) is 0.105. The number of carboxylic acid groups (broad SMARTS) is 2. The van der Waals surface area contributed by atoms with Gasteiger partial charge in [0.1, 0.15) is 18.1 Å². The maximum atomic E-state index is 13.8. The fourth-order valence-electron chi connectivity index (χ4n) is 4.95. The van der Waals surface area contributed by atoms with Gasteiger partial charge in [-0.1, -0.05) is 78.9 Å². The molecule has 0 bridgehead atoms. The van der Waals surface area contributed by atoms with Crippen LogP contribution in [0.25, 0.3) is 10.9 Å². The molecule has 12 heteroatoms. The third kappa shape index (κ3) is 9.25. The summed E-state index contributed by atoms with van der Waals surface area (Å²) in [5, 5.41) is 27.1. The second-order valence-corrected chi connectivity index (χ2v) is 10.7. The number of aromatic amines is 1. The van der Waals surface area contributed by atoms with Crippen molar-refractivity contribution in [2.75, 3.05) is 0 Å². The van der Waals surface area contributed by atoms with Gasteiger partial charge in [0.05, 0.1) is 12.5 Å². The molecule has 1 aromatic heterocycles. The minimum absolute atomic E-state index is 0.0550. The van der Waals surface area contributed by atoms with Crippen LogP contribution in [-0.2, 0) is 43.2 Å². The van der Waals surface area contributed by atoms with E-state index in [-0.39, 0.29) is 19.3 Å². The number of aliphatic carboxylic acids is 2. The van der Waals surface area contributed by atoms with Crippen LogP contribution in [0.5, 0.6) is 0 Å². The minimum Gasteiger partial charge on any atom is -0.481 e. The van der Waals surface area contributed by atoms with Crippen molar-refractivity contribution >= 4 is 40.6 Å². The van der Waals surface area contributed by atoms with Gasteiger partial charge in [-0.3, -0.25) is 19.2 Å². The highest BCUT2D eigenvalue weighted by atomic mass is 16.4. The highest BCUT2D eigenvalue weighted by molar-refractivity contribution is 5.95. The number of fused-ring (bicyclic) bond motifs is 1. The number of amides is 3. The molecular weight excluding hydrogens is 578 g/mol. The predicted molar refractivity (Wildman–Crippen MR) is 166 cm³/mol. The molecule has 0 fully saturated rings. The van der Waals surface area contributed by atoms with Crippen LogP contribution in [0, 0.1) is 0 Å². The molecule has 4 atom stereocenters. The first-order valence-corrected chi connectivity index (χ1v) is 14.3. The zero-order valence-corrected chi connectivity index (χ0v) is 24.3. The number of para-hydroxylation sites is 1. The molecule has 0 saturated heterocycles. The van der Waals surface area contributed by atoms with Crippen molar-refractivity contribution in [2.45, 2.75) is 49.9 Å². The molecule has 4 aromatic rings. The van der Waals surface area contributed by atoms with Crippen molar-refractivity contribution in [3.8, 4) is 0 Å². The van der Waals surface area contributed by atoms with Gasteiger partial charge < -0.3 is 36.9 Å². The molecule has 4 unspecified atom stereocenters. The van der Waals surface area contributed by atoms with E-state index in [4.69, 9.17) is 10.8 Å². The lowest BCUT2D eigenvalue weighted by Crippen LogP contribution is -2.58. The molecular formula is C33H35N5O7. The van der Waals surface area contributed by atoms with E-state index in [0.717, 1.165) is 22.0 Å². The Bertz CT molecular complexity index is 1640. The number of carbonyl (C=O) groups is 5. The highest BCUT2D eigenvalue weighted by Crippen LogP contribution is 2.19. The van der Waals surface area contributed by atoms with E-state index in [2.05, 4.69) is 20.9 Å². The van der Waals surface area contributed by atoms with Crippen LogP contribution in [0.2, 0.25) is 0 Å². The SMILES string of the molecule is NC(Cc1ccccc1)C(=O)NC(Cc1ccccc1)C(=O)NC(Cc1c[nH]c2ccccc12)C(=O)NC(CC(=O)O)C(=O)O. The number of benzene rings is 3. The van der Waals surface area contributed by atoms with Gasteiger partial charge in [0, 0.05) is 29.9 Å². The molecule has 0 aliphatic carbocycles. The molecule has 0 aliphatic heterocycles. The lowest BCUT2D eigenvalue weighted by molar-refractivity contribution is -0.147. The standard InChI is InChI=1S/C33H35N5O7/c34-24(15-20-9-3-1-4-10-20)30(41)36-26(16-21-11-5-2-6-12-21)31(42)37-27(32(43)38-28(33(44)45)18-29(39)40)17-22-19-35-25-14-8-7-13-23(22)25/h1-14,19,24,26-28,35H,15-18,34H2,(H,36,41)(H,37,42)(H,38,43)(H,39,40)(H,44,45). The summed E-state index contributed by atoms with van der Waals surface area (Å²) in [4.78, 5) is 66.5. The average molecular weight is 614 g/mol. The Morgan fingerprint density at radius 3 is 1.76 bits per heavy atom. The molecule has 12 nitrogen and oxygen atoms in total. The second-order valence-electron chi connectivity index (χ2n) is 10.7. The first-order chi connectivity index (χ1) is 21.6. The van der Waals surface area contributed by atoms with Gasteiger partial charge in [-0.05, 0) is 29.2 Å². The number of H-pyrrole nitrogens is 1. The molecule has 3 aromatic carbocycles. The molecule has 3 amide bonds. The van der Waals surface area contributed by atoms with E-state index in [1.807, 2.05) is 60.7 Å². The summed E-state index contributed by atoms with van der Waals surface area (Å²) >= 11 is 0. The van der Waals surface area contributed by atoms with E-state index in [9.17, 15) is 29.1 Å². The first-order valence-electron chi connectivity index (χ1n) is 14.3. The summed E-state index contributed by atoms with van der Waals surface area (Å²) in [5.74, 6) is -5.13. The Morgan fingerprint density at radius 2 is 1.16 bits per heavy atom. The lowest BCUT2D eigenvalue weighted by atomic mass is 10.0. The van der Waals surface area contributed by atoms with E-state index >= 15 is 0 Å². The number of aromatic nitrogens is 1. The molecule has 8 N–H and O–H groups in total. The summed E-state index contributed by atoms with van der Waals surface area (Å²) in [6.45, 7) is 0. The Morgan fingerprint density at radius 1 is 0.644 bits per heavy atom. The summed E-state index contributed by atoms with van der Waals surface area (Å²) < 4.78 is 0. The third-order valence-corrected chi connectivity index (χ3v) is 7.28. The third-order valence-electron chi connectivity index (χ3n) is 7.28. The first kappa shape index (κ1) is 32.4. The molecule has 0 spiro atoms. The van der Waals surface area contributed by atoms with Gasteiger partial charge in [0.15, 0.2) is 0 Å². The number of nitrogens with one attached hydrogen (secondary N) is 4. The summed E-state index contributed by atoms with van der Waals surface area (Å²) in [7, 11) is 0. The number of rotatable bonds is 15. The van der Waals surface area contributed by atoms with Gasteiger partial charge in [-0.25, -0.2) is 4.79 Å². The smallest absolute Gasteiger partial charge is 0.326 e. The van der Waals surface area contributed by atoms with Crippen molar-refractivity contribution in [1.29, 1.82) is 0 Å². The van der Waals surface area contributed by atoms with Gasteiger partial charge >= 0.3 is 11.9 Å². The van der Waals surface area contributed by atoms with E-state index < -0.39 is 60.2 Å². The lowest BCUT2D eigenvalue weighted by Gasteiger charge is -2.25. The molecule has 0 saturated carbocycles. The minimum atomic E-state index is -1.73. The van der Waals surface area contributed by atoms with Crippen molar-refractivity contribution in [2.24, 2.45) is 5.73 Å². The van der Waals surface area contributed by atoms with Crippen LogP contribution in [0.4, 0.5) is 0 Å². The monoisotopic (exact) mass is 613 g/mol. The van der Waals surface area contributed by atoms with Crippen LogP contribution < -0.4 is 21.7 Å².